The molecule has 19 atom stereocenters. The van der Waals surface area contributed by atoms with Crippen LogP contribution in [0.4, 0.5) is 17.7 Å². The van der Waals surface area contributed by atoms with E-state index in [0.717, 1.165) is 9.13 Å². The zero-order valence-electron chi connectivity index (χ0n) is 55.5. The van der Waals surface area contributed by atoms with Crippen LogP contribution >= 0.6 is 57.1 Å². The summed E-state index contributed by atoms with van der Waals surface area (Å²) in [5.74, 6) is -0.619. The summed E-state index contributed by atoms with van der Waals surface area (Å²) in [7, 11) is 0. The van der Waals surface area contributed by atoms with Gasteiger partial charge in [0.2, 0.25) is 17.6 Å². The van der Waals surface area contributed by atoms with Gasteiger partial charge in [-0.1, -0.05) is 38.3 Å². The molecular weight excluding hydrogens is 1630 g/mol. The molecule has 580 valence electrons. The lowest BCUT2D eigenvalue weighted by molar-refractivity contribution is -0.0545. The maximum Gasteiger partial charge on any atom is 0.386 e. The Morgan fingerprint density at radius 1 is 0.528 bits per heavy atom. The van der Waals surface area contributed by atoms with Gasteiger partial charge >= 0.3 is 44.0 Å². The van der Waals surface area contributed by atoms with Crippen LogP contribution in [-0.4, -0.2) is 175 Å². The summed E-state index contributed by atoms with van der Waals surface area (Å²) in [6.07, 6.45) is -10.9. The fourth-order valence-corrected chi connectivity index (χ4v) is 19.5. The van der Waals surface area contributed by atoms with Crippen LogP contribution < -0.4 is 56.5 Å². The third-order valence-corrected chi connectivity index (χ3v) is 25.4. The van der Waals surface area contributed by atoms with Crippen molar-refractivity contribution in [1.82, 2.24) is 67.7 Å². The van der Waals surface area contributed by atoms with E-state index in [1.165, 1.54) is 64.9 Å². The summed E-state index contributed by atoms with van der Waals surface area (Å²) < 4.78 is 106. The van der Waals surface area contributed by atoms with E-state index in [2.05, 4.69) is 81.2 Å². The van der Waals surface area contributed by atoms with Crippen molar-refractivity contribution in [1.29, 1.82) is 0 Å². The van der Waals surface area contributed by atoms with Gasteiger partial charge in [0.15, 0.2) is 22.3 Å². The lowest BCUT2D eigenvalue weighted by atomic mass is 9.89. The summed E-state index contributed by atoms with van der Waals surface area (Å²) >= 11 is 30.6. The minimum absolute atomic E-state index is 0.00993. The summed E-state index contributed by atoms with van der Waals surface area (Å²) in [6.45, 7) is -14.2. The number of hydrogen-bond donors (Lipinski definition) is 13. The molecule has 0 saturated carbocycles. The van der Waals surface area contributed by atoms with Crippen molar-refractivity contribution < 1.29 is 88.5 Å². The predicted molar refractivity (Wildman–Crippen MR) is 392 cm³/mol. The van der Waals surface area contributed by atoms with Gasteiger partial charge < -0.3 is 92.1 Å². The number of nitrogens with two attached hydrogens (primary N) is 3. The number of nitrogens with one attached hydrogen (secondary N) is 4. The van der Waals surface area contributed by atoms with E-state index in [1.54, 1.807) is 0 Å². The van der Waals surface area contributed by atoms with Crippen molar-refractivity contribution >= 4 is 144 Å². The number of aryl methyl sites for hydroxylation is 2. The highest BCUT2D eigenvalue weighted by Gasteiger charge is 2.49. The first-order valence-corrected chi connectivity index (χ1v) is 46.1. The highest BCUT2D eigenvalue weighted by Crippen LogP contribution is 2.60. The van der Waals surface area contributed by atoms with E-state index in [4.69, 9.17) is 117 Å². The summed E-state index contributed by atoms with van der Waals surface area (Å²) in [4.78, 5) is 163. The van der Waals surface area contributed by atoms with Crippen molar-refractivity contribution in [3.05, 3.63) is 121 Å². The fourth-order valence-electron chi connectivity index (χ4n) is 12.5. The van der Waals surface area contributed by atoms with Crippen molar-refractivity contribution in [3.63, 3.8) is 0 Å². The van der Waals surface area contributed by atoms with Gasteiger partial charge in [-0.15, -0.1) is 0 Å². The largest absolute Gasteiger partial charge is 0.386 e. The second-order valence-corrected chi connectivity index (χ2v) is 41.6. The highest BCUT2D eigenvalue weighted by atomic mass is 32.9. The van der Waals surface area contributed by atoms with Gasteiger partial charge in [0.25, 0.3) is 22.2 Å². The summed E-state index contributed by atoms with van der Waals surface area (Å²) in [5, 5.41) is 0. The highest BCUT2D eigenvalue weighted by molar-refractivity contribution is 8.60. The standard InChI is InChI=1S/C52H70N17O26P5S6/c1-21(2)24-7-35(65-6-5-34(53)58-50(65)74)87-29(24)14-86-100(105,106)95-28-11-37(67-13-23(4)45(71)64-52(67)76)89-33(28)18-85-99(81,104)94-27-10-39(69-20-57-41-43(69)60-49(55)62-47(41)73)91-32(27)17-84-97(79,102)92-25-8-36(66-12-22(3)44(70)63-51(66)75)88-31(25)16-83-98(80,103)93-26-9-38(90-30(26)15-82-96(77,78)101)68-19-56-40-42(68)59-48(54)61-46(40)72/h5-6,12-13,19-21,24-33,35-39H,7-11,14-18H2,1-4H3,(H,79,102)(H,80,103)(H,81,104)(H,105,106)(H2,53,58,74)(H,63,70,75)(H,64,71,76)(H2,77,78,101)(H3,54,59,61,72)(H3,55,60,62,73)/t24-,25+,26+,27+,28+,29?,30?,31?,32?,33?,35+,36+,37+,38+,39+,97?,98?,99?/m0/s1. The molecule has 0 aromatic carbocycles. The number of nitrogens with zero attached hydrogens (tertiary/aromatic N) is 10. The molecule has 9 unspecified atom stereocenters. The van der Waals surface area contributed by atoms with Crippen LogP contribution in [0.3, 0.4) is 0 Å². The Balaban J connectivity index is 0.755. The number of fused-ring (bicyclic) bond motifs is 2. The van der Waals surface area contributed by atoms with Crippen molar-refractivity contribution in [2.24, 2.45) is 11.8 Å². The Hall–Kier alpha value is -4.85. The number of nitrogen functional groups attached to an aromatic ring is 3. The number of rotatable bonds is 29. The average Bonchev–Trinajstić information content (AvgIpc) is 1.64. The van der Waals surface area contributed by atoms with Crippen molar-refractivity contribution in [3.8, 4) is 0 Å². The van der Waals surface area contributed by atoms with Gasteiger partial charge in [-0.25, -0.2) is 28.9 Å². The van der Waals surface area contributed by atoms with Gasteiger partial charge in [0.05, 0.1) is 70.1 Å². The van der Waals surface area contributed by atoms with Gasteiger partial charge in [-0.2, -0.15) is 15.0 Å². The Morgan fingerprint density at radius 3 is 1.37 bits per heavy atom. The molecular formula is C52H70N17O26P5S6. The van der Waals surface area contributed by atoms with Crippen molar-refractivity contribution in [2.45, 2.75) is 146 Å². The van der Waals surface area contributed by atoms with Crippen LogP contribution in [0, 0.1) is 25.7 Å². The molecule has 12 heterocycles. The van der Waals surface area contributed by atoms with E-state index in [1.807, 2.05) is 13.8 Å². The molecule has 0 radical (unpaired) electrons. The second kappa shape index (κ2) is 32.1. The molecule has 5 aliphatic heterocycles. The van der Waals surface area contributed by atoms with Crippen LogP contribution in [0.1, 0.15) is 88.2 Å². The molecule has 106 heavy (non-hydrogen) atoms. The van der Waals surface area contributed by atoms with Gasteiger partial charge in [0, 0.05) is 55.4 Å². The first kappa shape index (κ1) is 80.7. The van der Waals surface area contributed by atoms with Crippen LogP contribution in [-0.2, 0) is 116 Å². The Labute approximate surface area is 626 Å². The zero-order chi connectivity index (χ0) is 76.4. The first-order chi connectivity index (χ1) is 49.7. The van der Waals surface area contributed by atoms with Crippen molar-refractivity contribution in [2.75, 3.05) is 50.2 Å². The van der Waals surface area contributed by atoms with E-state index in [9.17, 15) is 57.7 Å². The average molecular weight is 1700 g/mol. The number of thiol groups is 2. The van der Waals surface area contributed by atoms with E-state index in [-0.39, 0.29) is 95.3 Å². The molecule has 43 nitrogen and oxygen atoms in total. The van der Waals surface area contributed by atoms with Crippen LogP contribution in [0.25, 0.3) is 22.3 Å². The smallest absolute Gasteiger partial charge is 0.383 e. The number of ether oxygens (including phenoxy) is 5. The van der Waals surface area contributed by atoms with E-state index >= 15 is 0 Å². The molecule has 14 N–H and O–H groups in total. The fraction of sp³-hybridized carbons (Fsp3) is 0.577. The molecule has 7 aromatic heterocycles. The number of H-pyrrole nitrogens is 4. The van der Waals surface area contributed by atoms with E-state index in [0.29, 0.717) is 6.42 Å². The zero-order valence-corrected chi connectivity index (χ0v) is 65.0. The summed E-state index contributed by atoms with van der Waals surface area (Å²) in [5.41, 5.74) is 8.63. The molecule has 0 aliphatic carbocycles. The van der Waals surface area contributed by atoms with Gasteiger partial charge in [-0.05, 0) is 85.4 Å². The normalized spacial score (nSPS) is 28.7. The second-order valence-electron chi connectivity index (χ2n) is 25.2. The quantitative estimate of drug-likeness (QED) is 0.0231. The number of hydrogen-bond acceptors (Lipinski definition) is 34. The molecule has 7 aromatic rings. The molecule has 54 heteroatoms. The molecule has 0 bridgehead atoms. The third kappa shape index (κ3) is 19.0. The van der Waals surface area contributed by atoms with Crippen LogP contribution in [0.2, 0.25) is 0 Å². The number of aromatic amines is 4. The molecule has 5 fully saturated rings. The molecule has 12 rings (SSSR count). The number of anilines is 3. The third-order valence-electron chi connectivity index (χ3n) is 17.5. The maximum atomic E-state index is 14.8. The molecule has 0 spiro atoms. The minimum Gasteiger partial charge on any atom is -0.383 e. The van der Waals surface area contributed by atoms with E-state index < -0.39 is 184 Å². The molecule has 5 saturated heterocycles. The Kier molecular flexibility index (Phi) is 24.4. The number of imidazole rings is 2. The SMILES string of the molecule is Cc1cn([C@H]2C[C@@H](OP(O)(=S)OCC3O[C@@H](n4cnc5c(=O)[nH]c(N)nc54)C[C@H]3OP(=O)(S)OCC3O[C@@H](n4cc(C)c(=O)[nH]c4=O)C[C@H]3OP(=S)(S)OCC3O[C@@H](n4ccc(N)nc4=O)C[C@H]3C(C)C)C(COP(O)(=S)O[C@@H]3C[C@H](n4cnc5c(=O)[nH]c(N)nc54)OC3COP(O)(O)=S)O2)c(=O)[nH]c1=O. The summed E-state index contributed by atoms with van der Waals surface area (Å²) in [6, 6.07) is 1.47. The lowest BCUT2D eigenvalue weighted by Crippen LogP contribution is -2.33. The topological polar surface area (TPSA) is 577 Å². The lowest BCUT2D eigenvalue weighted by Gasteiger charge is -2.28. The maximum absolute atomic E-state index is 14.8. The molecule has 0 amide bonds. The first-order valence-electron chi connectivity index (χ1n) is 31.8. The van der Waals surface area contributed by atoms with Gasteiger partial charge in [-0.3, -0.25) is 71.0 Å². The number of aromatic nitrogens is 14. The van der Waals surface area contributed by atoms with Crippen LogP contribution in [0.15, 0.2) is 70.9 Å². The van der Waals surface area contributed by atoms with Gasteiger partial charge in [0.1, 0.15) is 67.5 Å². The minimum atomic E-state index is -4.70. The Morgan fingerprint density at radius 2 is 0.925 bits per heavy atom. The predicted octanol–water partition coefficient (Wildman–Crippen LogP) is 1.14. The van der Waals surface area contributed by atoms with Crippen LogP contribution in [0.5, 0.6) is 0 Å². The Bertz CT molecular complexity index is 5190. The monoisotopic (exact) mass is 1700 g/mol. The molecule has 5 aliphatic rings.